The van der Waals surface area contributed by atoms with Crippen molar-refractivity contribution < 1.29 is 33.0 Å². The number of urea groups is 1. The molecule has 0 aliphatic rings. The molecule has 0 fully saturated rings. The van der Waals surface area contributed by atoms with Gasteiger partial charge in [-0.15, -0.1) is 0 Å². The lowest BCUT2D eigenvalue weighted by Crippen LogP contribution is -2.47. The van der Waals surface area contributed by atoms with Crippen LogP contribution in [-0.4, -0.2) is 60.7 Å². The van der Waals surface area contributed by atoms with E-state index in [0.717, 1.165) is 0 Å². The molecule has 0 saturated carbocycles. The summed E-state index contributed by atoms with van der Waals surface area (Å²) < 4.78 is 22.2. The largest absolute Gasteiger partial charge is 0.481 e. The average molecular weight is 296 g/mol. The zero-order valence-electron chi connectivity index (χ0n) is 10.2. The molecule has 1 unspecified atom stereocenters. The van der Waals surface area contributed by atoms with Gasteiger partial charge in [0.1, 0.15) is 6.04 Å². The molecular weight excluding hydrogens is 280 g/mol. The average Bonchev–Trinajstić information content (AvgIpc) is 2.27. The number of carbonyl (C=O) groups excluding carboxylic acids is 1. The third kappa shape index (κ3) is 7.97. The second-order valence-corrected chi connectivity index (χ2v) is 6.10. The van der Waals surface area contributed by atoms with Gasteiger partial charge in [-0.2, -0.15) is 0 Å². The lowest BCUT2D eigenvalue weighted by molar-refractivity contribution is -0.145. The first-order valence-electron chi connectivity index (χ1n) is 5.37. The van der Waals surface area contributed by atoms with E-state index in [1.807, 2.05) is 5.32 Å². The van der Waals surface area contributed by atoms with Gasteiger partial charge >= 0.3 is 18.0 Å². The molecule has 0 bridgehead atoms. The van der Waals surface area contributed by atoms with Crippen LogP contribution in [0.2, 0.25) is 0 Å². The van der Waals surface area contributed by atoms with Crippen molar-refractivity contribution in [3.05, 3.63) is 0 Å². The number of carbonyl (C=O) groups is 3. The highest BCUT2D eigenvalue weighted by molar-refractivity contribution is 7.91. The molecule has 9 nitrogen and oxygen atoms in total. The third-order valence-corrected chi connectivity index (χ3v) is 3.83. The number of carboxylic acid groups (broad SMARTS) is 2. The van der Waals surface area contributed by atoms with Gasteiger partial charge in [-0.05, 0) is 0 Å². The monoisotopic (exact) mass is 296 g/mol. The van der Waals surface area contributed by atoms with Gasteiger partial charge in [0.25, 0.3) is 0 Å². The van der Waals surface area contributed by atoms with Gasteiger partial charge in [-0.3, -0.25) is 4.79 Å². The molecule has 0 aromatic rings. The first kappa shape index (κ1) is 17.2. The fourth-order valence-corrected chi connectivity index (χ4v) is 1.75. The van der Waals surface area contributed by atoms with Crippen LogP contribution in [0.4, 0.5) is 4.79 Å². The van der Waals surface area contributed by atoms with Crippen molar-refractivity contribution in [1.29, 1.82) is 0 Å². The van der Waals surface area contributed by atoms with Crippen molar-refractivity contribution in [2.24, 2.45) is 0 Å². The van der Waals surface area contributed by atoms with Crippen molar-refractivity contribution >= 4 is 27.8 Å². The van der Waals surface area contributed by atoms with Gasteiger partial charge in [-0.25, -0.2) is 18.0 Å². The van der Waals surface area contributed by atoms with E-state index in [4.69, 9.17) is 10.2 Å². The van der Waals surface area contributed by atoms with Crippen LogP contribution < -0.4 is 10.6 Å². The Balaban J connectivity index is 4.21. The Bertz CT molecular complexity index is 445. The summed E-state index contributed by atoms with van der Waals surface area (Å²) in [6.07, 6.45) is -0.768. The van der Waals surface area contributed by atoms with Crippen LogP contribution in [-0.2, 0) is 19.4 Å². The number of nitrogens with one attached hydrogen (secondary N) is 2. The normalized spacial score (nSPS) is 12.5. The zero-order chi connectivity index (χ0) is 15.1. The van der Waals surface area contributed by atoms with Gasteiger partial charge in [-0.1, -0.05) is 6.92 Å². The molecule has 10 heteroatoms. The number of sulfone groups is 1. The number of amides is 2. The van der Waals surface area contributed by atoms with Gasteiger partial charge in [0.05, 0.1) is 12.2 Å². The van der Waals surface area contributed by atoms with Crippen molar-refractivity contribution in [2.45, 2.75) is 19.4 Å². The molecule has 4 N–H and O–H groups in total. The molecule has 0 radical (unpaired) electrons. The smallest absolute Gasteiger partial charge is 0.326 e. The minimum absolute atomic E-state index is 0.0624. The van der Waals surface area contributed by atoms with E-state index in [1.54, 1.807) is 0 Å². The van der Waals surface area contributed by atoms with Gasteiger partial charge in [0, 0.05) is 12.3 Å². The highest BCUT2D eigenvalue weighted by Crippen LogP contribution is 1.93. The van der Waals surface area contributed by atoms with Crippen LogP contribution in [0.5, 0.6) is 0 Å². The predicted octanol–water partition coefficient (Wildman–Crippen LogP) is -1.35. The van der Waals surface area contributed by atoms with Gasteiger partial charge in [0.15, 0.2) is 9.84 Å². The molecule has 110 valence electrons. The van der Waals surface area contributed by atoms with Crippen molar-refractivity contribution in [1.82, 2.24) is 10.6 Å². The summed E-state index contributed by atoms with van der Waals surface area (Å²) >= 11 is 0. The molecule has 0 aliphatic heterocycles. The summed E-state index contributed by atoms with van der Waals surface area (Å²) in [6, 6.07) is -2.50. The third-order valence-electron chi connectivity index (χ3n) is 2.12. The van der Waals surface area contributed by atoms with Gasteiger partial charge < -0.3 is 20.8 Å². The van der Waals surface area contributed by atoms with Crippen molar-refractivity contribution in [3.8, 4) is 0 Å². The van der Waals surface area contributed by atoms with E-state index in [-0.39, 0.29) is 18.1 Å². The number of aliphatic carboxylic acids is 2. The Hall–Kier alpha value is -1.84. The molecule has 2 amide bonds. The quantitative estimate of drug-likeness (QED) is 0.432. The van der Waals surface area contributed by atoms with Crippen LogP contribution in [0.1, 0.15) is 13.3 Å². The summed E-state index contributed by atoms with van der Waals surface area (Å²) in [4.78, 5) is 32.3. The van der Waals surface area contributed by atoms with Crippen molar-refractivity contribution in [3.63, 3.8) is 0 Å². The first-order chi connectivity index (χ1) is 8.68. The van der Waals surface area contributed by atoms with Crippen LogP contribution in [0.15, 0.2) is 0 Å². The Morgan fingerprint density at radius 2 is 1.79 bits per heavy atom. The molecule has 0 heterocycles. The van der Waals surface area contributed by atoms with Crippen LogP contribution in [0, 0.1) is 0 Å². The summed E-state index contributed by atoms with van der Waals surface area (Å²) in [6.45, 7) is 1.28. The van der Waals surface area contributed by atoms with E-state index in [0.29, 0.717) is 0 Å². The first-order valence-corrected chi connectivity index (χ1v) is 7.19. The predicted molar refractivity (Wildman–Crippen MR) is 64.5 cm³/mol. The second-order valence-electron chi connectivity index (χ2n) is 3.63. The highest BCUT2D eigenvalue weighted by atomic mass is 32.2. The Morgan fingerprint density at radius 1 is 1.21 bits per heavy atom. The molecule has 0 rings (SSSR count). The van der Waals surface area contributed by atoms with E-state index in [9.17, 15) is 22.8 Å². The summed E-state index contributed by atoms with van der Waals surface area (Å²) in [5.41, 5.74) is 0. The Morgan fingerprint density at radius 3 is 2.21 bits per heavy atom. The number of rotatable bonds is 8. The van der Waals surface area contributed by atoms with Crippen LogP contribution in [0.3, 0.4) is 0 Å². The maximum atomic E-state index is 11.2. The van der Waals surface area contributed by atoms with Crippen LogP contribution in [0.25, 0.3) is 0 Å². The van der Waals surface area contributed by atoms with E-state index >= 15 is 0 Å². The SMILES string of the molecule is CCS(=O)(=O)CCNC(=O)NC(CC(=O)O)C(=O)O. The number of hydrogen-bond donors (Lipinski definition) is 4. The molecular formula is C9H16N2O7S. The van der Waals surface area contributed by atoms with Crippen LogP contribution >= 0.6 is 0 Å². The Kier molecular flexibility index (Phi) is 6.83. The maximum absolute atomic E-state index is 11.2. The molecule has 0 spiro atoms. The topological polar surface area (TPSA) is 150 Å². The van der Waals surface area contributed by atoms with Crippen molar-refractivity contribution in [2.75, 3.05) is 18.1 Å². The molecule has 19 heavy (non-hydrogen) atoms. The molecule has 0 saturated heterocycles. The summed E-state index contributed by atoms with van der Waals surface area (Å²) in [7, 11) is -3.23. The fourth-order valence-electron chi connectivity index (χ4n) is 1.05. The molecule has 0 aromatic carbocycles. The lowest BCUT2D eigenvalue weighted by atomic mass is 10.2. The van der Waals surface area contributed by atoms with E-state index < -0.39 is 40.3 Å². The minimum atomic E-state index is -3.23. The molecule has 0 aromatic heterocycles. The minimum Gasteiger partial charge on any atom is -0.481 e. The highest BCUT2D eigenvalue weighted by Gasteiger charge is 2.22. The standard InChI is InChI=1S/C9H16N2O7S/c1-2-19(17,18)4-3-10-9(16)11-6(8(14)15)5-7(12)13/h6H,2-5H2,1H3,(H,12,13)(H,14,15)(H2,10,11,16). The van der Waals surface area contributed by atoms with Gasteiger partial charge in [0.2, 0.25) is 0 Å². The second kappa shape index (κ2) is 7.56. The van der Waals surface area contributed by atoms with E-state index in [2.05, 4.69) is 5.32 Å². The zero-order valence-corrected chi connectivity index (χ0v) is 11.1. The molecule has 0 aliphatic carbocycles. The number of hydrogen-bond acceptors (Lipinski definition) is 5. The van der Waals surface area contributed by atoms with E-state index in [1.165, 1.54) is 6.92 Å². The fraction of sp³-hybridized carbons (Fsp3) is 0.667. The maximum Gasteiger partial charge on any atom is 0.326 e. The summed E-state index contributed by atoms with van der Waals surface area (Å²) in [5.74, 6) is -3.19. The lowest BCUT2D eigenvalue weighted by Gasteiger charge is -2.13. The Labute approximate surface area is 109 Å². The summed E-state index contributed by atoms with van der Waals surface area (Å²) in [5, 5.41) is 21.2. The molecule has 1 atom stereocenters. The number of carboxylic acids is 2.